The van der Waals surface area contributed by atoms with Crippen molar-refractivity contribution in [2.45, 2.75) is 20.8 Å². The summed E-state index contributed by atoms with van der Waals surface area (Å²) < 4.78 is 5.69. The average molecular weight is 480 g/mol. The maximum Gasteiger partial charge on any atom is 0.338 e. The quantitative estimate of drug-likeness (QED) is 0.316. The van der Waals surface area contributed by atoms with Gasteiger partial charge in [0.05, 0.1) is 34.1 Å². The van der Waals surface area contributed by atoms with E-state index in [4.69, 9.17) is 17.0 Å². The number of hydrogen-bond donors (Lipinski definition) is 0. The number of ether oxygens (including phenoxy) is 1. The lowest BCUT2D eigenvalue weighted by Gasteiger charge is -2.23. The summed E-state index contributed by atoms with van der Waals surface area (Å²) in [6.07, 6.45) is 3.79. The lowest BCUT2D eigenvalue weighted by Crippen LogP contribution is -2.28. The predicted octanol–water partition coefficient (Wildman–Crippen LogP) is 5.32. The van der Waals surface area contributed by atoms with E-state index in [0.717, 1.165) is 29.4 Å². The number of para-hydroxylation sites is 1. The van der Waals surface area contributed by atoms with Gasteiger partial charge in [0.1, 0.15) is 5.82 Å². The van der Waals surface area contributed by atoms with Crippen LogP contribution in [0.3, 0.4) is 0 Å². The zero-order valence-corrected chi connectivity index (χ0v) is 20.4. The monoisotopic (exact) mass is 479 g/mol. The number of anilines is 3. The highest BCUT2D eigenvalue weighted by Gasteiger charge is 2.34. The molecule has 4 rings (SSSR count). The molecule has 8 heteroatoms. The second-order valence-corrected chi connectivity index (χ2v) is 8.99. The molecule has 2 aromatic carbocycles. The van der Waals surface area contributed by atoms with Gasteiger partial charge < -0.3 is 14.5 Å². The normalized spacial score (nSPS) is 18.0. The first-order chi connectivity index (χ1) is 16.0. The van der Waals surface area contributed by atoms with Crippen molar-refractivity contribution in [1.29, 1.82) is 0 Å². The summed E-state index contributed by atoms with van der Waals surface area (Å²) >= 11 is 6.78. The van der Waals surface area contributed by atoms with E-state index in [9.17, 15) is 9.59 Å². The van der Waals surface area contributed by atoms with Crippen LogP contribution in [0, 0.1) is 0 Å². The average Bonchev–Trinajstić information content (AvgIpc) is 3.29. The van der Waals surface area contributed by atoms with Gasteiger partial charge >= 0.3 is 5.97 Å². The molecule has 1 saturated heterocycles. The predicted molar refractivity (Wildman–Crippen MR) is 139 cm³/mol. The topological polar surface area (TPSA) is 53.1 Å². The number of rotatable bonds is 6. The van der Waals surface area contributed by atoms with Crippen molar-refractivity contribution in [2.75, 3.05) is 34.4 Å². The molecule has 0 radical (unpaired) electrons. The molecule has 0 spiro atoms. The molecule has 1 amide bonds. The van der Waals surface area contributed by atoms with Crippen LogP contribution in [0.25, 0.3) is 0 Å². The fourth-order valence-electron chi connectivity index (χ4n) is 3.98. The molecule has 2 aliphatic rings. The highest BCUT2D eigenvalue weighted by Crippen LogP contribution is 2.42. The fraction of sp³-hybridized carbons (Fsp3) is 0.240. The maximum absolute atomic E-state index is 13.1. The van der Waals surface area contributed by atoms with Crippen LogP contribution in [0.5, 0.6) is 0 Å². The number of amides is 1. The number of hydrogen-bond acceptors (Lipinski definition) is 7. The number of benzene rings is 2. The number of allylic oxidation sites excluding steroid dienone is 2. The minimum atomic E-state index is -0.332. The van der Waals surface area contributed by atoms with Gasteiger partial charge in [-0.1, -0.05) is 42.2 Å². The third-order valence-corrected chi connectivity index (χ3v) is 6.77. The lowest BCUT2D eigenvalue weighted by atomic mass is 10.1. The zero-order chi connectivity index (χ0) is 23.5. The molecule has 0 bridgehead atoms. The standard InChI is InChI=1S/C25H25N3O3S2/c1-4-26-19-13-12-17(24(30)31-6-3)16-20(19)27(5-2)22(26)15-14-21-23(29)28(25(32)33-21)18-10-8-7-9-11-18/h7-16H,4-6H2,1-3H3/b21-14-,22-15+. The van der Waals surface area contributed by atoms with Gasteiger partial charge in [0, 0.05) is 13.1 Å². The summed E-state index contributed by atoms with van der Waals surface area (Å²) in [4.78, 5) is 31.8. The van der Waals surface area contributed by atoms with E-state index < -0.39 is 0 Å². The van der Waals surface area contributed by atoms with Crippen molar-refractivity contribution < 1.29 is 14.3 Å². The molecule has 2 heterocycles. The highest BCUT2D eigenvalue weighted by atomic mass is 32.2. The Morgan fingerprint density at radius 2 is 1.70 bits per heavy atom. The second kappa shape index (κ2) is 9.80. The van der Waals surface area contributed by atoms with E-state index in [2.05, 4.69) is 23.6 Å². The Labute approximate surface area is 203 Å². The van der Waals surface area contributed by atoms with Gasteiger partial charge in [0.25, 0.3) is 5.91 Å². The Bertz CT molecular complexity index is 1160. The molecular weight excluding hydrogens is 454 g/mol. The number of nitrogens with zero attached hydrogens (tertiary/aromatic N) is 3. The van der Waals surface area contributed by atoms with Gasteiger partial charge in [-0.2, -0.15) is 0 Å². The van der Waals surface area contributed by atoms with E-state index in [1.165, 1.54) is 11.8 Å². The number of thioether (sulfide) groups is 1. The van der Waals surface area contributed by atoms with Gasteiger partial charge in [-0.3, -0.25) is 9.69 Å². The van der Waals surface area contributed by atoms with Crippen LogP contribution in [-0.4, -0.2) is 35.9 Å². The van der Waals surface area contributed by atoms with Crippen LogP contribution >= 0.6 is 24.0 Å². The first-order valence-electron chi connectivity index (χ1n) is 10.9. The Morgan fingerprint density at radius 3 is 2.36 bits per heavy atom. The third kappa shape index (κ3) is 4.28. The van der Waals surface area contributed by atoms with Crippen molar-refractivity contribution in [3.63, 3.8) is 0 Å². The molecule has 2 aliphatic heterocycles. The van der Waals surface area contributed by atoms with Crippen LogP contribution in [-0.2, 0) is 9.53 Å². The highest BCUT2D eigenvalue weighted by molar-refractivity contribution is 8.27. The Morgan fingerprint density at radius 1 is 1.00 bits per heavy atom. The molecule has 1 fully saturated rings. The van der Waals surface area contributed by atoms with Crippen LogP contribution in [0.15, 0.2) is 71.4 Å². The maximum atomic E-state index is 13.1. The molecule has 0 aliphatic carbocycles. The molecule has 0 saturated carbocycles. The Hall–Kier alpha value is -3.10. The Kier molecular flexibility index (Phi) is 6.85. The van der Waals surface area contributed by atoms with Gasteiger partial charge in [0.2, 0.25) is 0 Å². The molecule has 33 heavy (non-hydrogen) atoms. The minimum absolute atomic E-state index is 0.126. The molecule has 170 valence electrons. The van der Waals surface area contributed by atoms with E-state index in [1.807, 2.05) is 54.6 Å². The molecular formula is C25H25N3O3S2. The summed E-state index contributed by atoms with van der Waals surface area (Å²) in [6.45, 7) is 7.71. The number of carbonyl (C=O) groups is 2. The van der Waals surface area contributed by atoms with Crippen LogP contribution in [0.1, 0.15) is 31.1 Å². The van der Waals surface area contributed by atoms with Gasteiger partial charge in [0.15, 0.2) is 4.32 Å². The van der Waals surface area contributed by atoms with Crippen LogP contribution in [0.4, 0.5) is 17.1 Å². The number of fused-ring (bicyclic) bond motifs is 1. The first-order valence-corrected chi connectivity index (χ1v) is 12.1. The van der Waals surface area contributed by atoms with Gasteiger partial charge in [-0.05, 0) is 63.3 Å². The summed E-state index contributed by atoms with van der Waals surface area (Å²) in [5.74, 6) is 0.488. The summed E-state index contributed by atoms with van der Waals surface area (Å²) in [5, 5.41) is 0. The molecule has 0 unspecified atom stereocenters. The second-order valence-electron chi connectivity index (χ2n) is 7.31. The molecule has 0 atom stereocenters. The van der Waals surface area contributed by atoms with E-state index in [0.29, 0.717) is 27.9 Å². The number of esters is 1. The molecule has 0 N–H and O–H groups in total. The van der Waals surface area contributed by atoms with Gasteiger partial charge in [-0.15, -0.1) is 0 Å². The summed E-state index contributed by atoms with van der Waals surface area (Å²) in [6, 6.07) is 15.0. The summed E-state index contributed by atoms with van der Waals surface area (Å²) in [7, 11) is 0. The van der Waals surface area contributed by atoms with Crippen molar-refractivity contribution in [2.24, 2.45) is 0 Å². The molecule has 2 aromatic rings. The third-order valence-electron chi connectivity index (χ3n) is 5.45. The van der Waals surface area contributed by atoms with E-state index >= 15 is 0 Å². The lowest BCUT2D eigenvalue weighted by molar-refractivity contribution is -0.113. The smallest absolute Gasteiger partial charge is 0.338 e. The van der Waals surface area contributed by atoms with Crippen LogP contribution < -0.4 is 14.7 Å². The van der Waals surface area contributed by atoms with E-state index in [1.54, 1.807) is 17.9 Å². The summed E-state index contributed by atoms with van der Waals surface area (Å²) in [5.41, 5.74) is 3.25. The fourth-order valence-corrected chi connectivity index (χ4v) is 5.22. The number of carbonyl (C=O) groups excluding carboxylic acids is 2. The van der Waals surface area contributed by atoms with Crippen molar-refractivity contribution in [3.8, 4) is 0 Å². The minimum Gasteiger partial charge on any atom is -0.462 e. The van der Waals surface area contributed by atoms with Crippen LogP contribution in [0.2, 0.25) is 0 Å². The van der Waals surface area contributed by atoms with E-state index in [-0.39, 0.29) is 11.9 Å². The largest absolute Gasteiger partial charge is 0.462 e. The first kappa shape index (κ1) is 23.1. The van der Waals surface area contributed by atoms with Crippen molar-refractivity contribution in [1.82, 2.24) is 0 Å². The molecule has 6 nitrogen and oxygen atoms in total. The van der Waals surface area contributed by atoms with Crippen molar-refractivity contribution in [3.05, 3.63) is 77.0 Å². The Balaban J connectivity index is 1.67. The SMILES string of the molecule is CCOC(=O)c1ccc2c(c1)N(CC)/C(=C/C=C1\SC(=S)N(c3ccccc3)C1=O)N2CC. The number of thiocarbonyl (C=S) groups is 1. The zero-order valence-electron chi connectivity index (χ0n) is 18.8. The van der Waals surface area contributed by atoms with Gasteiger partial charge in [-0.25, -0.2) is 4.79 Å². The van der Waals surface area contributed by atoms with Crippen molar-refractivity contribution >= 4 is 57.2 Å². The molecule has 0 aromatic heterocycles.